The van der Waals surface area contributed by atoms with Crippen LogP contribution in [0.1, 0.15) is 49.0 Å². The molecule has 2 unspecified atom stereocenters. The molecule has 8 heteroatoms. The lowest BCUT2D eigenvalue weighted by molar-refractivity contribution is 0.0918. The van der Waals surface area contributed by atoms with E-state index in [-0.39, 0.29) is 36.8 Å². The molecule has 2 N–H and O–H groups in total. The van der Waals surface area contributed by atoms with Gasteiger partial charge in [0.25, 0.3) is 5.91 Å². The fourth-order valence-electron chi connectivity index (χ4n) is 4.00. The fraction of sp³-hybridized carbons (Fsp3) is 0.688. The van der Waals surface area contributed by atoms with Crippen LogP contribution in [-0.4, -0.2) is 47.3 Å². The molecule has 2 atom stereocenters. The quantitative estimate of drug-likeness (QED) is 0.846. The second kappa shape index (κ2) is 8.32. The summed E-state index contributed by atoms with van der Waals surface area (Å²) in [4.78, 5) is 14.6. The zero-order valence-corrected chi connectivity index (χ0v) is 15.2. The first-order valence-electron chi connectivity index (χ1n) is 8.43. The minimum atomic E-state index is -0.0910. The summed E-state index contributed by atoms with van der Waals surface area (Å²) in [6.07, 6.45) is 6.95. The van der Waals surface area contributed by atoms with Crippen molar-refractivity contribution in [3.05, 3.63) is 17.8 Å². The van der Waals surface area contributed by atoms with Gasteiger partial charge in [0.2, 0.25) is 0 Å². The molecule has 3 aliphatic rings. The number of fused-ring (bicyclic) bond motifs is 2. The Morgan fingerprint density at radius 1 is 1.08 bits per heavy atom. The summed E-state index contributed by atoms with van der Waals surface area (Å²) in [5.41, 5.74) is 0.425. The maximum atomic E-state index is 12.3. The van der Waals surface area contributed by atoms with Gasteiger partial charge < -0.3 is 15.5 Å². The van der Waals surface area contributed by atoms with E-state index in [1.807, 2.05) is 6.07 Å². The topological polar surface area (TPSA) is 70.2 Å². The zero-order chi connectivity index (χ0) is 14.9. The Kier molecular flexibility index (Phi) is 6.66. The number of carbonyl (C=O) groups excluding carboxylic acids is 1. The van der Waals surface area contributed by atoms with Crippen LogP contribution < -0.4 is 15.5 Å². The van der Waals surface area contributed by atoms with Crippen molar-refractivity contribution < 1.29 is 4.79 Å². The van der Waals surface area contributed by atoms with Crippen LogP contribution in [0.25, 0.3) is 0 Å². The van der Waals surface area contributed by atoms with Gasteiger partial charge in [-0.15, -0.1) is 35.0 Å². The number of hydrogen-bond donors (Lipinski definition) is 2. The molecular formula is C16H25Cl2N5O. The van der Waals surface area contributed by atoms with Gasteiger partial charge in [-0.25, -0.2) is 0 Å². The molecule has 0 aromatic carbocycles. The van der Waals surface area contributed by atoms with Crippen LogP contribution in [0.4, 0.5) is 5.82 Å². The number of amides is 1. The van der Waals surface area contributed by atoms with Crippen LogP contribution in [0.2, 0.25) is 0 Å². The molecule has 4 heterocycles. The molecule has 1 aromatic rings. The first kappa shape index (κ1) is 19.2. The summed E-state index contributed by atoms with van der Waals surface area (Å²) in [5, 5.41) is 15.1. The van der Waals surface area contributed by atoms with Gasteiger partial charge in [0.15, 0.2) is 11.5 Å². The van der Waals surface area contributed by atoms with E-state index >= 15 is 0 Å². The number of aromatic nitrogens is 2. The monoisotopic (exact) mass is 373 g/mol. The van der Waals surface area contributed by atoms with Gasteiger partial charge in [0.05, 0.1) is 0 Å². The van der Waals surface area contributed by atoms with E-state index in [1.54, 1.807) is 6.07 Å². The molecule has 4 rings (SSSR count). The molecule has 0 spiro atoms. The molecule has 6 nitrogen and oxygen atoms in total. The molecular weight excluding hydrogens is 349 g/mol. The second-order valence-electron chi connectivity index (χ2n) is 6.75. The lowest BCUT2D eigenvalue weighted by Crippen LogP contribution is -2.48. The highest BCUT2D eigenvalue weighted by molar-refractivity contribution is 5.92. The average Bonchev–Trinajstić information content (AvgIpc) is 3.17. The van der Waals surface area contributed by atoms with Crippen molar-refractivity contribution in [3.8, 4) is 0 Å². The third-order valence-corrected chi connectivity index (χ3v) is 5.12. The molecule has 3 saturated heterocycles. The molecule has 1 amide bonds. The van der Waals surface area contributed by atoms with E-state index in [2.05, 4.69) is 25.7 Å². The van der Waals surface area contributed by atoms with Crippen molar-refractivity contribution in [3.63, 3.8) is 0 Å². The second-order valence-corrected chi connectivity index (χ2v) is 6.75. The molecule has 3 aliphatic heterocycles. The van der Waals surface area contributed by atoms with Crippen molar-refractivity contribution in [1.82, 2.24) is 20.8 Å². The third kappa shape index (κ3) is 4.10. The minimum Gasteiger partial charge on any atom is -0.355 e. The molecule has 2 bridgehead atoms. The van der Waals surface area contributed by atoms with Crippen molar-refractivity contribution in [2.75, 3.05) is 18.0 Å². The van der Waals surface area contributed by atoms with E-state index in [4.69, 9.17) is 0 Å². The summed E-state index contributed by atoms with van der Waals surface area (Å²) in [5.74, 6) is 0.792. The van der Waals surface area contributed by atoms with Gasteiger partial charge in [-0.2, -0.15) is 0 Å². The van der Waals surface area contributed by atoms with E-state index in [0.717, 1.165) is 31.7 Å². The van der Waals surface area contributed by atoms with Crippen molar-refractivity contribution in [1.29, 1.82) is 0 Å². The zero-order valence-electron chi connectivity index (χ0n) is 13.6. The van der Waals surface area contributed by atoms with Gasteiger partial charge in [-0.3, -0.25) is 4.79 Å². The van der Waals surface area contributed by atoms with Crippen LogP contribution in [-0.2, 0) is 0 Å². The number of hydrogen-bond acceptors (Lipinski definition) is 5. The van der Waals surface area contributed by atoms with Gasteiger partial charge in [0, 0.05) is 31.2 Å². The Morgan fingerprint density at radius 3 is 2.33 bits per heavy atom. The first-order valence-corrected chi connectivity index (χ1v) is 8.43. The number of halogens is 2. The van der Waals surface area contributed by atoms with Crippen LogP contribution in [0.5, 0.6) is 0 Å². The summed E-state index contributed by atoms with van der Waals surface area (Å²) in [6, 6.07) is 5.14. The number of nitrogens with zero attached hydrogens (tertiary/aromatic N) is 3. The van der Waals surface area contributed by atoms with E-state index in [0.29, 0.717) is 17.8 Å². The maximum absolute atomic E-state index is 12.3. The first-order chi connectivity index (χ1) is 10.8. The molecule has 0 aliphatic carbocycles. The Morgan fingerprint density at radius 2 is 1.75 bits per heavy atom. The highest BCUT2D eigenvalue weighted by Crippen LogP contribution is 2.26. The standard InChI is InChI=1S/C16H23N5O.2ClH/c22-16(18-13-9-11-3-4-12(10-13)17-11)14-5-6-15(20-19-14)21-7-1-2-8-21;;/h5-6,11-13,17H,1-4,7-10H2,(H,18,22);2*1H. The SMILES string of the molecule is Cl.Cl.O=C(NC1CC2CCC(C1)N2)c1ccc(N2CCCC2)nn1. The lowest BCUT2D eigenvalue weighted by Gasteiger charge is -2.29. The van der Waals surface area contributed by atoms with Crippen molar-refractivity contribution in [2.24, 2.45) is 0 Å². The Labute approximate surface area is 155 Å². The Bertz CT molecular complexity index is 538. The van der Waals surface area contributed by atoms with E-state index in [9.17, 15) is 4.79 Å². The van der Waals surface area contributed by atoms with Gasteiger partial charge in [-0.1, -0.05) is 0 Å². The summed E-state index contributed by atoms with van der Waals surface area (Å²) >= 11 is 0. The fourth-order valence-corrected chi connectivity index (χ4v) is 4.00. The van der Waals surface area contributed by atoms with Gasteiger partial charge in [0.1, 0.15) is 0 Å². The predicted octanol–water partition coefficient (Wildman–Crippen LogP) is 1.93. The van der Waals surface area contributed by atoms with Gasteiger partial charge >= 0.3 is 0 Å². The summed E-state index contributed by atoms with van der Waals surface area (Å²) < 4.78 is 0. The molecule has 1 aromatic heterocycles. The summed E-state index contributed by atoms with van der Waals surface area (Å²) in [7, 11) is 0. The smallest absolute Gasteiger partial charge is 0.272 e. The number of piperidine rings is 1. The largest absolute Gasteiger partial charge is 0.355 e. The molecule has 24 heavy (non-hydrogen) atoms. The van der Waals surface area contributed by atoms with E-state index in [1.165, 1.54) is 25.7 Å². The van der Waals surface area contributed by atoms with Crippen molar-refractivity contribution >= 4 is 36.5 Å². The Hall–Kier alpha value is -1.11. The highest BCUT2D eigenvalue weighted by atomic mass is 35.5. The molecule has 3 fully saturated rings. The number of nitrogens with one attached hydrogen (secondary N) is 2. The number of carbonyl (C=O) groups is 1. The molecule has 0 saturated carbocycles. The third-order valence-electron chi connectivity index (χ3n) is 5.12. The lowest BCUT2D eigenvalue weighted by atomic mass is 10.00. The van der Waals surface area contributed by atoms with Crippen LogP contribution in [0.3, 0.4) is 0 Å². The number of anilines is 1. The maximum Gasteiger partial charge on any atom is 0.272 e. The molecule has 134 valence electrons. The number of rotatable bonds is 3. The molecule has 0 radical (unpaired) electrons. The average molecular weight is 374 g/mol. The summed E-state index contributed by atoms with van der Waals surface area (Å²) in [6.45, 7) is 2.08. The Balaban J connectivity index is 0.00000104. The minimum absolute atomic E-state index is 0. The highest BCUT2D eigenvalue weighted by Gasteiger charge is 2.34. The van der Waals surface area contributed by atoms with Crippen LogP contribution in [0, 0.1) is 0 Å². The van der Waals surface area contributed by atoms with Crippen LogP contribution >= 0.6 is 24.8 Å². The van der Waals surface area contributed by atoms with Crippen LogP contribution in [0.15, 0.2) is 12.1 Å². The predicted molar refractivity (Wildman–Crippen MR) is 98.4 cm³/mol. The normalized spacial score (nSPS) is 28.0. The van der Waals surface area contributed by atoms with Crippen molar-refractivity contribution in [2.45, 2.75) is 56.7 Å². The van der Waals surface area contributed by atoms with Gasteiger partial charge in [-0.05, 0) is 50.7 Å². The van der Waals surface area contributed by atoms with E-state index < -0.39 is 0 Å².